The molecule has 1 aliphatic rings. The van der Waals surface area contributed by atoms with E-state index < -0.39 is 0 Å². The highest BCUT2D eigenvalue weighted by molar-refractivity contribution is 5.84. The molecule has 1 N–H and O–H groups in total. The Labute approximate surface area is 130 Å². The quantitative estimate of drug-likeness (QED) is 0.907. The fourth-order valence-electron chi connectivity index (χ4n) is 3.24. The molecule has 0 heterocycles. The summed E-state index contributed by atoms with van der Waals surface area (Å²) >= 11 is 0. The van der Waals surface area contributed by atoms with Crippen molar-refractivity contribution < 1.29 is 9.18 Å². The lowest BCUT2D eigenvalue weighted by molar-refractivity contribution is -0.123. The van der Waals surface area contributed by atoms with Gasteiger partial charge in [-0.15, -0.1) is 0 Å². The van der Waals surface area contributed by atoms with Gasteiger partial charge in [0.2, 0.25) is 5.91 Å². The summed E-state index contributed by atoms with van der Waals surface area (Å²) < 4.78 is 13.8. The Balaban J connectivity index is 1.77. The summed E-state index contributed by atoms with van der Waals surface area (Å²) in [5.41, 5.74) is 2.90. The van der Waals surface area contributed by atoms with Crippen LogP contribution in [0, 0.1) is 5.82 Å². The van der Waals surface area contributed by atoms with E-state index in [1.165, 1.54) is 11.6 Å². The van der Waals surface area contributed by atoms with E-state index in [9.17, 15) is 9.18 Å². The van der Waals surface area contributed by atoms with Crippen molar-refractivity contribution in [2.24, 2.45) is 0 Å². The molecule has 1 amide bonds. The second-order valence-corrected chi connectivity index (χ2v) is 5.90. The van der Waals surface area contributed by atoms with Crippen molar-refractivity contribution in [3.8, 4) is 0 Å². The lowest BCUT2D eigenvalue weighted by Crippen LogP contribution is -2.33. The van der Waals surface area contributed by atoms with Crippen LogP contribution < -0.4 is 5.32 Å². The van der Waals surface area contributed by atoms with Gasteiger partial charge in [0.25, 0.3) is 0 Å². The molecule has 0 saturated heterocycles. The highest BCUT2D eigenvalue weighted by Gasteiger charge is 2.27. The summed E-state index contributed by atoms with van der Waals surface area (Å²) in [6.07, 6.45) is 2.90. The number of hydrogen-bond donors (Lipinski definition) is 1. The Morgan fingerprint density at radius 1 is 1.18 bits per heavy atom. The smallest absolute Gasteiger partial charge is 0.228 e. The van der Waals surface area contributed by atoms with Crippen LogP contribution in [0.4, 0.5) is 4.39 Å². The zero-order valence-electron chi connectivity index (χ0n) is 12.7. The third-order valence-electron chi connectivity index (χ3n) is 4.42. The van der Waals surface area contributed by atoms with E-state index in [0.29, 0.717) is 5.56 Å². The van der Waals surface area contributed by atoms with Gasteiger partial charge in [0.15, 0.2) is 0 Å². The molecule has 3 heteroatoms. The van der Waals surface area contributed by atoms with Crippen LogP contribution in [-0.2, 0) is 11.2 Å². The van der Waals surface area contributed by atoms with E-state index in [2.05, 4.69) is 11.4 Å². The van der Waals surface area contributed by atoms with E-state index >= 15 is 0 Å². The summed E-state index contributed by atoms with van der Waals surface area (Å²) in [5, 5.41) is 2.97. The number of nitrogens with one attached hydrogen (secondary N) is 1. The predicted molar refractivity (Wildman–Crippen MR) is 85.1 cm³/mol. The lowest BCUT2D eigenvalue weighted by atomic mass is 9.82. The summed E-state index contributed by atoms with van der Waals surface area (Å²) in [6.45, 7) is 1.82. The average Bonchev–Trinajstić information content (AvgIpc) is 2.54. The molecule has 0 bridgehead atoms. The number of halogens is 1. The van der Waals surface area contributed by atoms with E-state index in [1.54, 1.807) is 18.2 Å². The monoisotopic (exact) mass is 297 g/mol. The molecule has 1 aliphatic carbocycles. The normalized spacial score (nSPS) is 18.4. The molecule has 2 aromatic carbocycles. The summed E-state index contributed by atoms with van der Waals surface area (Å²) in [7, 11) is 0. The maximum absolute atomic E-state index is 13.8. The summed E-state index contributed by atoms with van der Waals surface area (Å²) in [6, 6.07) is 14.4. The fourth-order valence-corrected chi connectivity index (χ4v) is 3.24. The molecule has 3 rings (SSSR count). The second kappa shape index (κ2) is 6.30. The molecule has 0 aliphatic heterocycles. The second-order valence-electron chi connectivity index (χ2n) is 5.90. The van der Waals surface area contributed by atoms with Crippen LogP contribution in [0.25, 0.3) is 0 Å². The van der Waals surface area contributed by atoms with Crippen LogP contribution >= 0.6 is 0 Å². The van der Waals surface area contributed by atoms with Crippen LogP contribution in [0.2, 0.25) is 0 Å². The number of fused-ring (bicyclic) bond motifs is 1. The SMILES string of the molecule is CC(NC(=O)C1CCCc2ccccc21)c1ccccc1F. The third kappa shape index (κ3) is 2.89. The summed E-state index contributed by atoms with van der Waals surface area (Å²) in [5.74, 6) is -0.415. The first kappa shape index (κ1) is 14.8. The number of benzene rings is 2. The maximum Gasteiger partial charge on any atom is 0.228 e. The number of carbonyl (C=O) groups is 1. The average molecular weight is 297 g/mol. The topological polar surface area (TPSA) is 29.1 Å². The highest BCUT2D eigenvalue weighted by Crippen LogP contribution is 2.32. The standard InChI is InChI=1S/C19H20FNO/c1-13(15-9-4-5-12-18(15)20)21-19(22)17-11-6-8-14-7-2-3-10-16(14)17/h2-5,7,9-10,12-13,17H,6,8,11H2,1H3,(H,21,22). The number of aryl methyl sites for hydroxylation is 1. The lowest BCUT2D eigenvalue weighted by Gasteiger charge is -2.26. The Morgan fingerprint density at radius 2 is 1.91 bits per heavy atom. The Kier molecular flexibility index (Phi) is 4.23. The minimum Gasteiger partial charge on any atom is -0.349 e. The van der Waals surface area contributed by atoms with E-state index in [4.69, 9.17) is 0 Å². The molecule has 0 saturated carbocycles. The maximum atomic E-state index is 13.8. The van der Waals surface area contributed by atoms with Gasteiger partial charge in [0.1, 0.15) is 5.82 Å². The van der Waals surface area contributed by atoms with Crippen molar-refractivity contribution >= 4 is 5.91 Å². The highest BCUT2D eigenvalue weighted by atomic mass is 19.1. The Morgan fingerprint density at radius 3 is 2.73 bits per heavy atom. The molecule has 0 spiro atoms. The predicted octanol–water partition coefficient (Wildman–Crippen LogP) is 4.12. The molecule has 2 nitrogen and oxygen atoms in total. The van der Waals surface area contributed by atoms with Crippen molar-refractivity contribution in [1.82, 2.24) is 5.32 Å². The molecule has 2 aromatic rings. The van der Waals surface area contributed by atoms with Crippen molar-refractivity contribution in [3.05, 3.63) is 71.0 Å². The van der Waals surface area contributed by atoms with Crippen molar-refractivity contribution in [2.45, 2.75) is 38.1 Å². The largest absolute Gasteiger partial charge is 0.349 e. The van der Waals surface area contributed by atoms with Gasteiger partial charge in [0.05, 0.1) is 12.0 Å². The van der Waals surface area contributed by atoms with E-state index in [1.807, 2.05) is 25.1 Å². The number of carbonyl (C=O) groups excluding carboxylic acids is 1. The first-order valence-corrected chi connectivity index (χ1v) is 7.79. The van der Waals surface area contributed by atoms with Gasteiger partial charge in [-0.2, -0.15) is 0 Å². The van der Waals surface area contributed by atoms with Crippen LogP contribution in [-0.4, -0.2) is 5.91 Å². The summed E-state index contributed by atoms with van der Waals surface area (Å²) in [4.78, 5) is 12.6. The minimum atomic E-state index is -0.331. The molecule has 2 atom stereocenters. The van der Waals surface area contributed by atoms with Gasteiger partial charge in [0, 0.05) is 5.56 Å². The first-order chi connectivity index (χ1) is 10.7. The number of amides is 1. The number of hydrogen-bond acceptors (Lipinski definition) is 1. The van der Waals surface area contributed by atoms with Crippen molar-refractivity contribution in [1.29, 1.82) is 0 Å². The molecule has 22 heavy (non-hydrogen) atoms. The van der Waals surface area contributed by atoms with Crippen molar-refractivity contribution in [3.63, 3.8) is 0 Å². The fraction of sp³-hybridized carbons (Fsp3) is 0.316. The van der Waals surface area contributed by atoms with Gasteiger partial charge in [-0.25, -0.2) is 4.39 Å². The molecular formula is C19H20FNO. The molecule has 114 valence electrons. The van der Waals surface area contributed by atoms with E-state index in [-0.39, 0.29) is 23.7 Å². The van der Waals surface area contributed by atoms with Gasteiger partial charge < -0.3 is 5.32 Å². The third-order valence-corrected chi connectivity index (χ3v) is 4.42. The van der Waals surface area contributed by atoms with Crippen molar-refractivity contribution in [2.75, 3.05) is 0 Å². The molecule has 2 unspecified atom stereocenters. The van der Waals surface area contributed by atoms with Crippen LogP contribution in [0.3, 0.4) is 0 Å². The van der Waals surface area contributed by atoms with Gasteiger partial charge >= 0.3 is 0 Å². The molecule has 0 aromatic heterocycles. The van der Waals surface area contributed by atoms with Crippen LogP contribution in [0.15, 0.2) is 48.5 Å². The molecular weight excluding hydrogens is 277 g/mol. The molecule has 0 fully saturated rings. The zero-order chi connectivity index (χ0) is 15.5. The Hall–Kier alpha value is -2.16. The Bertz CT molecular complexity index is 683. The molecule has 0 radical (unpaired) electrons. The number of rotatable bonds is 3. The van der Waals surface area contributed by atoms with E-state index in [0.717, 1.165) is 24.8 Å². The van der Waals surface area contributed by atoms with Gasteiger partial charge in [-0.1, -0.05) is 42.5 Å². The van der Waals surface area contributed by atoms with Gasteiger partial charge in [-0.3, -0.25) is 4.79 Å². The first-order valence-electron chi connectivity index (χ1n) is 7.79. The van der Waals surface area contributed by atoms with Crippen LogP contribution in [0.5, 0.6) is 0 Å². The minimum absolute atomic E-state index is 0.0112. The van der Waals surface area contributed by atoms with Gasteiger partial charge in [-0.05, 0) is 43.4 Å². The van der Waals surface area contributed by atoms with Crippen LogP contribution in [0.1, 0.15) is 48.4 Å². The zero-order valence-corrected chi connectivity index (χ0v) is 12.7.